The van der Waals surface area contributed by atoms with Crippen LogP contribution in [0.1, 0.15) is 28.9 Å². The number of anilines is 1. The van der Waals surface area contributed by atoms with Gasteiger partial charge >= 0.3 is 0 Å². The van der Waals surface area contributed by atoms with Crippen molar-refractivity contribution in [3.63, 3.8) is 0 Å². The van der Waals surface area contributed by atoms with Gasteiger partial charge in [-0.15, -0.1) is 6.42 Å². The summed E-state index contributed by atoms with van der Waals surface area (Å²) >= 11 is 0. The number of aliphatic hydroxyl groups is 1. The first-order chi connectivity index (χ1) is 15.8. The molecule has 33 heavy (non-hydrogen) atoms. The van der Waals surface area contributed by atoms with Crippen LogP contribution in [0.3, 0.4) is 0 Å². The molecule has 1 aromatic carbocycles. The highest BCUT2D eigenvalue weighted by Gasteiger charge is 2.22. The van der Waals surface area contributed by atoms with Gasteiger partial charge in [0.05, 0.1) is 24.5 Å². The number of hydrogen-bond acceptors (Lipinski definition) is 7. The third-order valence-corrected chi connectivity index (χ3v) is 5.09. The minimum Gasteiger partial charge on any atom is -0.379 e. The second-order valence-electron chi connectivity index (χ2n) is 7.70. The number of terminal acetylenes is 1. The monoisotopic (exact) mass is 447 g/mol. The van der Waals surface area contributed by atoms with E-state index in [-0.39, 0.29) is 24.7 Å². The number of amides is 2. The number of nitrogens with two attached hydrogens (primary N) is 1. The van der Waals surface area contributed by atoms with Crippen molar-refractivity contribution in [1.29, 1.82) is 0 Å². The molecule has 9 heteroatoms. The summed E-state index contributed by atoms with van der Waals surface area (Å²) in [6.45, 7) is 1.45. The van der Waals surface area contributed by atoms with Crippen LogP contribution in [0.4, 0.5) is 5.69 Å². The van der Waals surface area contributed by atoms with Gasteiger partial charge in [-0.1, -0.05) is 24.0 Å². The van der Waals surface area contributed by atoms with Crippen molar-refractivity contribution in [3.8, 4) is 35.6 Å². The van der Waals surface area contributed by atoms with Gasteiger partial charge in [0.25, 0.3) is 5.91 Å². The Morgan fingerprint density at radius 1 is 1.52 bits per heavy atom. The number of primary amides is 1. The first kappa shape index (κ1) is 23.7. The smallest absolute Gasteiger partial charge is 0.269 e. The zero-order valence-corrected chi connectivity index (χ0v) is 18.2. The fourth-order valence-corrected chi connectivity index (χ4v) is 3.16. The summed E-state index contributed by atoms with van der Waals surface area (Å²) in [5, 5.41) is 13.7. The largest absolute Gasteiger partial charge is 0.379 e. The first-order valence-corrected chi connectivity index (χ1v) is 10.3. The molecule has 0 unspecified atom stereocenters. The number of benzene rings is 1. The Hall–Kier alpha value is -3.92. The fraction of sp³-hybridized carbons (Fsp3) is 0.333. The van der Waals surface area contributed by atoms with E-state index in [2.05, 4.69) is 33.0 Å². The summed E-state index contributed by atoms with van der Waals surface area (Å²) in [6, 6.07) is 7.06. The molecule has 0 bridgehead atoms. The standard InChI is InChI=1S/C24H25N5O4/c1-3-24(32,10-11-29(2)16-30)9-7-17-5-4-6-18(13-17)23-26-14-20(21(28-23)22(25)31)27-19-8-12-33-15-19/h1,4-6,13-14,16,19,27,32H,8,10-12,15H2,2H3,(H2,25,31)/t19-,24-/m0/s1. The number of carbonyl (C=O) groups excluding carboxylic acids is 2. The summed E-state index contributed by atoms with van der Waals surface area (Å²) in [5.41, 5.74) is 5.59. The van der Waals surface area contributed by atoms with E-state index in [0.29, 0.717) is 42.3 Å². The van der Waals surface area contributed by atoms with Gasteiger partial charge in [-0.2, -0.15) is 0 Å². The summed E-state index contributed by atoms with van der Waals surface area (Å²) in [7, 11) is 1.59. The lowest BCUT2D eigenvalue weighted by atomic mass is 10.0. The van der Waals surface area contributed by atoms with Crippen molar-refractivity contribution in [3.05, 3.63) is 41.7 Å². The van der Waals surface area contributed by atoms with E-state index in [4.69, 9.17) is 16.9 Å². The van der Waals surface area contributed by atoms with Crippen molar-refractivity contribution in [2.24, 2.45) is 5.73 Å². The molecule has 0 aliphatic carbocycles. The van der Waals surface area contributed by atoms with Gasteiger partial charge in [-0.25, -0.2) is 9.97 Å². The van der Waals surface area contributed by atoms with E-state index in [1.165, 1.54) is 11.1 Å². The van der Waals surface area contributed by atoms with E-state index in [0.717, 1.165) is 6.42 Å². The number of ether oxygens (including phenoxy) is 1. The molecular formula is C24H25N5O4. The number of carbonyl (C=O) groups is 2. The average molecular weight is 447 g/mol. The van der Waals surface area contributed by atoms with Crippen LogP contribution in [0.2, 0.25) is 0 Å². The summed E-state index contributed by atoms with van der Waals surface area (Å²) < 4.78 is 5.34. The molecule has 2 atom stereocenters. The van der Waals surface area contributed by atoms with Crippen LogP contribution in [0, 0.1) is 24.2 Å². The van der Waals surface area contributed by atoms with E-state index in [1.807, 2.05) is 0 Å². The molecular weight excluding hydrogens is 422 g/mol. The third kappa shape index (κ3) is 6.30. The van der Waals surface area contributed by atoms with Crippen LogP contribution < -0.4 is 11.1 Å². The minimum atomic E-state index is -1.68. The Labute approximate surface area is 192 Å². The second-order valence-corrected chi connectivity index (χ2v) is 7.70. The van der Waals surface area contributed by atoms with Gasteiger partial charge < -0.3 is 25.8 Å². The van der Waals surface area contributed by atoms with E-state index < -0.39 is 11.5 Å². The van der Waals surface area contributed by atoms with Crippen LogP contribution in [-0.4, -0.2) is 70.7 Å². The molecule has 170 valence electrons. The van der Waals surface area contributed by atoms with Gasteiger partial charge in [0.2, 0.25) is 6.41 Å². The second kappa shape index (κ2) is 10.6. The number of nitrogens with one attached hydrogen (secondary N) is 1. The van der Waals surface area contributed by atoms with Crippen LogP contribution in [0.5, 0.6) is 0 Å². The van der Waals surface area contributed by atoms with Crippen molar-refractivity contribution in [2.75, 3.05) is 32.1 Å². The Balaban J connectivity index is 1.84. The quantitative estimate of drug-likeness (QED) is 0.400. The molecule has 1 aromatic heterocycles. The summed E-state index contributed by atoms with van der Waals surface area (Å²) in [5.74, 6) is 7.46. The van der Waals surface area contributed by atoms with Crippen LogP contribution in [0.25, 0.3) is 11.4 Å². The molecule has 0 radical (unpaired) electrons. The zero-order valence-electron chi connectivity index (χ0n) is 18.2. The van der Waals surface area contributed by atoms with E-state index in [9.17, 15) is 14.7 Å². The molecule has 1 saturated heterocycles. The third-order valence-electron chi connectivity index (χ3n) is 5.09. The maximum atomic E-state index is 12.0. The molecule has 0 spiro atoms. The van der Waals surface area contributed by atoms with Gasteiger partial charge in [0, 0.05) is 37.7 Å². The summed E-state index contributed by atoms with van der Waals surface area (Å²) in [4.78, 5) is 32.8. The molecule has 2 aromatic rings. The Morgan fingerprint density at radius 2 is 2.33 bits per heavy atom. The molecule has 0 saturated carbocycles. The predicted octanol–water partition coefficient (Wildman–Crippen LogP) is 0.637. The SMILES string of the molecule is C#C[C@](O)(C#Cc1cccc(-c2ncc(N[C@H]3CCOC3)c(C(N)=O)n2)c1)CCN(C)C=O. The molecule has 1 aliphatic heterocycles. The normalized spacial score (nSPS) is 16.6. The van der Waals surface area contributed by atoms with Crippen molar-refractivity contribution in [2.45, 2.75) is 24.5 Å². The Bertz CT molecular complexity index is 1130. The number of rotatable bonds is 8. The lowest BCUT2D eigenvalue weighted by molar-refractivity contribution is -0.117. The molecule has 9 nitrogen and oxygen atoms in total. The lowest BCUT2D eigenvalue weighted by Gasteiger charge is -2.18. The number of nitrogens with zero attached hydrogens (tertiary/aromatic N) is 3. The predicted molar refractivity (Wildman–Crippen MR) is 123 cm³/mol. The van der Waals surface area contributed by atoms with Gasteiger partial charge in [0.1, 0.15) is 0 Å². The summed E-state index contributed by atoms with van der Waals surface area (Å²) in [6.07, 6.45) is 8.55. The number of aromatic nitrogens is 2. The Morgan fingerprint density at radius 3 is 3.00 bits per heavy atom. The maximum Gasteiger partial charge on any atom is 0.269 e. The average Bonchev–Trinajstić information content (AvgIpc) is 3.34. The lowest BCUT2D eigenvalue weighted by Crippen LogP contribution is -2.30. The van der Waals surface area contributed by atoms with Crippen molar-refractivity contribution < 1.29 is 19.4 Å². The fourth-order valence-electron chi connectivity index (χ4n) is 3.16. The highest BCUT2D eigenvalue weighted by atomic mass is 16.5. The highest BCUT2D eigenvalue weighted by Crippen LogP contribution is 2.22. The minimum absolute atomic E-state index is 0.0670. The molecule has 2 amide bonds. The first-order valence-electron chi connectivity index (χ1n) is 10.3. The van der Waals surface area contributed by atoms with Crippen molar-refractivity contribution >= 4 is 18.0 Å². The van der Waals surface area contributed by atoms with Gasteiger partial charge in [-0.3, -0.25) is 9.59 Å². The maximum absolute atomic E-state index is 12.0. The van der Waals surface area contributed by atoms with Gasteiger partial charge in [-0.05, 0) is 24.5 Å². The highest BCUT2D eigenvalue weighted by molar-refractivity contribution is 5.96. The molecule has 3 rings (SSSR count). The van der Waals surface area contributed by atoms with Crippen LogP contribution in [-0.2, 0) is 9.53 Å². The van der Waals surface area contributed by atoms with Crippen LogP contribution >= 0.6 is 0 Å². The van der Waals surface area contributed by atoms with Crippen molar-refractivity contribution in [1.82, 2.24) is 14.9 Å². The molecule has 1 fully saturated rings. The molecule has 1 aliphatic rings. The van der Waals surface area contributed by atoms with E-state index >= 15 is 0 Å². The Kier molecular flexibility index (Phi) is 7.62. The molecule has 2 heterocycles. The van der Waals surface area contributed by atoms with Crippen LogP contribution in [0.15, 0.2) is 30.5 Å². The van der Waals surface area contributed by atoms with E-state index in [1.54, 1.807) is 31.3 Å². The topological polar surface area (TPSA) is 131 Å². The van der Waals surface area contributed by atoms with Gasteiger partial charge in [0.15, 0.2) is 17.1 Å². The molecule has 4 N–H and O–H groups in total. The number of hydrogen-bond donors (Lipinski definition) is 3. The zero-order chi connectivity index (χ0) is 23.8.